The Morgan fingerprint density at radius 2 is 1.61 bits per heavy atom. The second-order valence-corrected chi connectivity index (χ2v) is 6.11. The lowest BCUT2D eigenvalue weighted by Gasteiger charge is -2.31. The first kappa shape index (κ1) is 15.4. The Balaban J connectivity index is 2.44. The summed E-state index contributed by atoms with van der Waals surface area (Å²) in [5, 5.41) is 3.28. The van der Waals surface area contributed by atoms with Gasteiger partial charge >= 0.3 is 0 Å². The fraction of sp³-hybridized carbons (Fsp3) is 0.929. The lowest BCUT2D eigenvalue weighted by molar-refractivity contribution is -0.133. The molecular weight excluding hydrogens is 226 g/mol. The van der Waals surface area contributed by atoms with Crippen LogP contribution in [0.5, 0.6) is 0 Å². The number of piperazine rings is 1. The summed E-state index contributed by atoms with van der Waals surface area (Å²) in [7, 11) is 0. The van der Waals surface area contributed by atoms with E-state index in [1.54, 1.807) is 0 Å². The van der Waals surface area contributed by atoms with E-state index in [0.29, 0.717) is 18.4 Å². The minimum atomic E-state index is 0.290. The van der Waals surface area contributed by atoms with E-state index in [4.69, 9.17) is 0 Å². The van der Waals surface area contributed by atoms with Crippen LogP contribution in [0.25, 0.3) is 0 Å². The van der Waals surface area contributed by atoms with E-state index in [1.807, 2.05) is 4.90 Å². The predicted octanol–water partition coefficient (Wildman–Crippen LogP) is 1.03. The quantitative estimate of drug-likeness (QED) is 0.770. The average Bonchev–Trinajstić information content (AvgIpc) is 2.28. The minimum Gasteiger partial charge on any atom is -0.339 e. The molecule has 0 spiro atoms. The molecule has 0 bridgehead atoms. The second-order valence-electron chi connectivity index (χ2n) is 6.11. The Labute approximate surface area is 112 Å². The maximum absolute atomic E-state index is 12.2. The third kappa shape index (κ3) is 5.83. The number of amides is 1. The molecule has 0 aliphatic carbocycles. The van der Waals surface area contributed by atoms with Gasteiger partial charge in [0.1, 0.15) is 0 Å². The summed E-state index contributed by atoms with van der Waals surface area (Å²) < 4.78 is 0. The number of nitrogens with zero attached hydrogens (tertiary/aromatic N) is 2. The number of carbonyl (C=O) groups excluding carboxylic acids is 1. The number of hydrogen-bond acceptors (Lipinski definition) is 3. The van der Waals surface area contributed by atoms with E-state index in [9.17, 15) is 4.79 Å². The summed E-state index contributed by atoms with van der Waals surface area (Å²) >= 11 is 0. The van der Waals surface area contributed by atoms with E-state index in [2.05, 4.69) is 37.9 Å². The van der Waals surface area contributed by atoms with Gasteiger partial charge in [0, 0.05) is 39.3 Å². The minimum absolute atomic E-state index is 0.290. The molecular formula is C14H29N3O. The Hall–Kier alpha value is -0.610. The van der Waals surface area contributed by atoms with Crippen LogP contribution in [0.3, 0.4) is 0 Å². The summed E-state index contributed by atoms with van der Waals surface area (Å²) in [6.45, 7) is 15.0. The molecule has 0 saturated carbocycles. The normalized spacial score (nSPS) is 16.9. The highest BCUT2D eigenvalue weighted by Crippen LogP contribution is 2.05. The van der Waals surface area contributed by atoms with Gasteiger partial charge in [0.2, 0.25) is 5.91 Å². The van der Waals surface area contributed by atoms with E-state index < -0.39 is 0 Å². The summed E-state index contributed by atoms with van der Waals surface area (Å²) in [6.07, 6.45) is 0. The third-order valence-electron chi connectivity index (χ3n) is 3.08. The summed E-state index contributed by atoms with van der Waals surface area (Å²) in [5.41, 5.74) is 0. The standard InChI is InChI=1S/C14H29N3O/c1-12(2)9-16(10-13(3)4)11-14(18)17-7-5-15-6-8-17/h12-13,15H,5-11H2,1-4H3. The molecule has 1 saturated heterocycles. The van der Waals surface area contributed by atoms with Gasteiger partial charge in [0.15, 0.2) is 0 Å². The first-order chi connectivity index (χ1) is 8.49. The Morgan fingerprint density at radius 1 is 1.11 bits per heavy atom. The molecule has 4 nitrogen and oxygen atoms in total. The lowest BCUT2D eigenvalue weighted by Crippen LogP contribution is -2.50. The van der Waals surface area contributed by atoms with Crippen molar-refractivity contribution in [3.8, 4) is 0 Å². The van der Waals surface area contributed by atoms with Crippen molar-refractivity contribution in [2.24, 2.45) is 11.8 Å². The maximum Gasteiger partial charge on any atom is 0.236 e. The highest BCUT2D eigenvalue weighted by Gasteiger charge is 2.20. The highest BCUT2D eigenvalue weighted by atomic mass is 16.2. The molecule has 4 heteroatoms. The van der Waals surface area contributed by atoms with E-state index >= 15 is 0 Å². The van der Waals surface area contributed by atoms with Gasteiger partial charge in [-0.15, -0.1) is 0 Å². The third-order valence-corrected chi connectivity index (χ3v) is 3.08. The molecule has 1 N–H and O–H groups in total. The molecule has 1 rings (SSSR count). The first-order valence-corrected chi connectivity index (χ1v) is 7.20. The fourth-order valence-electron chi connectivity index (χ4n) is 2.44. The largest absolute Gasteiger partial charge is 0.339 e. The van der Waals surface area contributed by atoms with Crippen molar-refractivity contribution >= 4 is 5.91 Å². The SMILES string of the molecule is CC(C)CN(CC(=O)N1CCNCC1)CC(C)C. The van der Waals surface area contributed by atoms with Crippen molar-refractivity contribution in [3.05, 3.63) is 0 Å². The van der Waals surface area contributed by atoms with Gasteiger partial charge < -0.3 is 10.2 Å². The van der Waals surface area contributed by atoms with Crippen LogP contribution in [0.1, 0.15) is 27.7 Å². The molecule has 0 unspecified atom stereocenters. The van der Waals surface area contributed by atoms with Crippen molar-refractivity contribution in [1.29, 1.82) is 0 Å². The van der Waals surface area contributed by atoms with Crippen molar-refractivity contribution in [1.82, 2.24) is 15.1 Å². The molecule has 0 atom stereocenters. The van der Waals surface area contributed by atoms with Crippen LogP contribution in [0.4, 0.5) is 0 Å². The predicted molar refractivity (Wildman–Crippen MR) is 75.6 cm³/mol. The molecule has 0 radical (unpaired) electrons. The van der Waals surface area contributed by atoms with Crippen LogP contribution in [-0.2, 0) is 4.79 Å². The summed E-state index contributed by atoms with van der Waals surface area (Å²) in [5.74, 6) is 1.51. The van der Waals surface area contributed by atoms with Crippen LogP contribution in [0.2, 0.25) is 0 Å². The molecule has 0 aromatic carbocycles. The summed E-state index contributed by atoms with van der Waals surface area (Å²) in [6, 6.07) is 0. The fourth-order valence-corrected chi connectivity index (χ4v) is 2.44. The molecule has 1 aliphatic rings. The van der Waals surface area contributed by atoms with Crippen LogP contribution < -0.4 is 5.32 Å². The first-order valence-electron chi connectivity index (χ1n) is 7.20. The van der Waals surface area contributed by atoms with E-state index in [-0.39, 0.29) is 5.91 Å². The zero-order valence-corrected chi connectivity index (χ0v) is 12.4. The highest BCUT2D eigenvalue weighted by molar-refractivity contribution is 5.78. The average molecular weight is 255 g/mol. The van der Waals surface area contributed by atoms with E-state index in [0.717, 1.165) is 39.3 Å². The number of hydrogen-bond donors (Lipinski definition) is 1. The Bertz CT molecular complexity index is 237. The van der Waals surface area contributed by atoms with Crippen LogP contribution in [0, 0.1) is 11.8 Å². The molecule has 0 aromatic heterocycles. The second kappa shape index (κ2) is 7.74. The number of carbonyl (C=O) groups is 1. The zero-order chi connectivity index (χ0) is 13.5. The Kier molecular flexibility index (Phi) is 6.65. The molecule has 1 aliphatic heterocycles. The topological polar surface area (TPSA) is 35.6 Å². The number of nitrogens with one attached hydrogen (secondary N) is 1. The van der Waals surface area contributed by atoms with Gasteiger partial charge in [-0.3, -0.25) is 9.69 Å². The van der Waals surface area contributed by atoms with Crippen molar-refractivity contribution in [3.63, 3.8) is 0 Å². The lowest BCUT2D eigenvalue weighted by atomic mass is 10.1. The Morgan fingerprint density at radius 3 is 2.06 bits per heavy atom. The summed E-state index contributed by atoms with van der Waals surface area (Å²) in [4.78, 5) is 16.5. The van der Waals surface area contributed by atoms with Crippen molar-refractivity contribution in [2.45, 2.75) is 27.7 Å². The molecule has 106 valence electrons. The van der Waals surface area contributed by atoms with E-state index in [1.165, 1.54) is 0 Å². The van der Waals surface area contributed by atoms with Gasteiger partial charge in [0.25, 0.3) is 0 Å². The van der Waals surface area contributed by atoms with Gasteiger partial charge in [-0.05, 0) is 11.8 Å². The maximum atomic E-state index is 12.2. The molecule has 1 heterocycles. The van der Waals surface area contributed by atoms with Crippen LogP contribution in [0.15, 0.2) is 0 Å². The smallest absolute Gasteiger partial charge is 0.236 e. The van der Waals surface area contributed by atoms with Gasteiger partial charge in [-0.1, -0.05) is 27.7 Å². The molecule has 1 fully saturated rings. The molecule has 18 heavy (non-hydrogen) atoms. The van der Waals surface area contributed by atoms with Crippen molar-refractivity contribution < 1.29 is 4.79 Å². The van der Waals surface area contributed by atoms with Gasteiger partial charge in [0.05, 0.1) is 6.54 Å². The van der Waals surface area contributed by atoms with Gasteiger partial charge in [-0.2, -0.15) is 0 Å². The van der Waals surface area contributed by atoms with Crippen molar-refractivity contribution in [2.75, 3.05) is 45.8 Å². The van der Waals surface area contributed by atoms with Crippen LogP contribution >= 0.6 is 0 Å². The molecule has 1 amide bonds. The van der Waals surface area contributed by atoms with Crippen LogP contribution in [-0.4, -0.2) is 61.5 Å². The molecule has 0 aromatic rings. The number of rotatable bonds is 6. The monoisotopic (exact) mass is 255 g/mol. The van der Waals surface area contributed by atoms with Gasteiger partial charge in [-0.25, -0.2) is 0 Å². The zero-order valence-electron chi connectivity index (χ0n) is 12.4.